The topological polar surface area (TPSA) is 74.5 Å². The van der Waals surface area contributed by atoms with Gasteiger partial charge in [0.05, 0.1) is 5.56 Å². The predicted octanol–water partition coefficient (Wildman–Crippen LogP) is 8.43. The molecule has 0 unspecified atom stereocenters. The number of halogens is 3. The molecule has 0 aliphatic carbocycles. The number of alkyl halides is 3. The van der Waals surface area contributed by atoms with Crippen molar-refractivity contribution in [3.8, 4) is 22.6 Å². The number of carbonyl (C=O) groups excluding carboxylic acids is 1. The number of piperazine rings is 1. The van der Waals surface area contributed by atoms with Crippen molar-refractivity contribution in [3.05, 3.63) is 119 Å². The Morgan fingerprint density at radius 3 is 2.23 bits per heavy atom. The number of aromatic nitrogens is 2. The number of aryl methyl sites for hydroxylation is 1. The van der Waals surface area contributed by atoms with Crippen LogP contribution < -0.4 is 10.2 Å². The van der Waals surface area contributed by atoms with E-state index in [2.05, 4.69) is 37.4 Å². The van der Waals surface area contributed by atoms with E-state index < -0.39 is 11.7 Å². The van der Waals surface area contributed by atoms with Gasteiger partial charge in [0.25, 0.3) is 11.8 Å². The minimum absolute atomic E-state index is 0.0610. The number of nitrogens with one attached hydrogen (secondary N) is 1. The Morgan fingerprint density at radius 1 is 0.894 bits per heavy atom. The molecular weight excluding hydrogens is 603 g/mol. The van der Waals surface area contributed by atoms with Crippen molar-refractivity contribution in [1.29, 1.82) is 0 Å². The number of benzene rings is 4. The summed E-state index contributed by atoms with van der Waals surface area (Å²) in [6, 6.07) is 26.4. The summed E-state index contributed by atoms with van der Waals surface area (Å²) < 4.78 is 45.0. The minimum atomic E-state index is -4.43. The lowest BCUT2D eigenvalue weighted by molar-refractivity contribution is -0.137. The van der Waals surface area contributed by atoms with Gasteiger partial charge in [-0.25, -0.2) is 0 Å². The second-order valence-electron chi connectivity index (χ2n) is 12.1. The van der Waals surface area contributed by atoms with Crippen LogP contribution in [0, 0.1) is 6.92 Å². The standard InChI is InChI=1S/C37H36F3N5O2/c1-24(2)32-8-5-9-33(34(32)27-10-12-29(13-11-27)37(38,39)40)35(46)42-30-14-16-31(17-15-30)45-20-18-44(19-21-45)23-26-6-4-7-28(22-26)36-41-25(3)43-47-36/h4-17,22,24H,18-21,23H2,1-3H3,(H,42,46). The number of hydrogen-bond acceptors (Lipinski definition) is 6. The molecular formula is C37H36F3N5O2. The first-order valence-corrected chi connectivity index (χ1v) is 15.6. The number of anilines is 2. The third-order valence-corrected chi connectivity index (χ3v) is 8.43. The number of amides is 1. The zero-order valence-electron chi connectivity index (χ0n) is 26.5. The summed E-state index contributed by atoms with van der Waals surface area (Å²) >= 11 is 0. The van der Waals surface area contributed by atoms with E-state index in [9.17, 15) is 18.0 Å². The van der Waals surface area contributed by atoms with E-state index in [1.165, 1.54) is 17.7 Å². The van der Waals surface area contributed by atoms with Gasteiger partial charge in [0.1, 0.15) is 0 Å². The molecule has 6 rings (SSSR count). The predicted molar refractivity (Wildman–Crippen MR) is 177 cm³/mol. The Bertz CT molecular complexity index is 1840. The summed E-state index contributed by atoms with van der Waals surface area (Å²) in [4.78, 5) is 22.6. The van der Waals surface area contributed by atoms with Crippen molar-refractivity contribution in [1.82, 2.24) is 15.0 Å². The fraction of sp³-hybridized carbons (Fsp3) is 0.270. The molecule has 4 aromatic carbocycles. The van der Waals surface area contributed by atoms with E-state index in [0.717, 1.165) is 61.7 Å². The smallest absolute Gasteiger partial charge is 0.369 e. The van der Waals surface area contributed by atoms with Crippen LogP contribution in [0.25, 0.3) is 22.6 Å². The van der Waals surface area contributed by atoms with Crippen LogP contribution in [0.1, 0.15) is 52.6 Å². The van der Waals surface area contributed by atoms with Gasteiger partial charge in [-0.15, -0.1) is 0 Å². The van der Waals surface area contributed by atoms with Crippen molar-refractivity contribution >= 4 is 17.3 Å². The summed E-state index contributed by atoms with van der Waals surface area (Å²) in [7, 11) is 0. The van der Waals surface area contributed by atoms with Gasteiger partial charge in [-0.05, 0) is 89.7 Å². The van der Waals surface area contributed by atoms with Crippen LogP contribution in [0.2, 0.25) is 0 Å². The van der Waals surface area contributed by atoms with Crippen molar-refractivity contribution in [3.63, 3.8) is 0 Å². The van der Waals surface area contributed by atoms with E-state index in [4.69, 9.17) is 4.52 Å². The fourth-order valence-electron chi connectivity index (χ4n) is 5.98. The second-order valence-corrected chi connectivity index (χ2v) is 12.1. The van der Waals surface area contributed by atoms with E-state index in [0.29, 0.717) is 34.1 Å². The normalized spacial score (nSPS) is 14.1. The summed E-state index contributed by atoms with van der Waals surface area (Å²) in [5.74, 6) is 0.879. The van der Waals surface area contributed by atoms with Crippen LogP contribution >= 0.6 is 0 Å². The van der Waals surface area contributed by atoms with Crippen LogP contribution in [-0.4, -0.2) is 47.1 Å². The van der Waals surface area contributed by atoms with Crippen LogP contribution in [0.4, 0.5) is 24.5 Å². The molecule has 1 aliphatic heterocycles. The third kappa shape index (κ3) is 7.38. The number of nitrogens with zero attached hydrogens (tertiary/aromatic N) is 4. The summed E-state index contributed by atoms with van der Waals surface area (Å²) in [6.45, 7) is 10.2. The molecule has 5 aromatic rings. The Morgan fingerprint density at radius 2 is 1.60 bits per heavy atom. The molecule has 1 aromatic heterocycles. The van der Waals surface area contributed by atoms with Crippen molar-refractivity contribution < 1.29 is 22.5 Å². The minimum Gasteiger partial charge on any atom is -0.369 e. The van der Waals surface area contributed by atoms with Crippen molar-refractivity contribution in [2.75, 3.05) is 36.4 Å². The zero-order chi connectivity index (χ0) is 33.1. The molecule has 0 bridgehead atoms. The zero-order valence-corrected chi connectivity index (χ0v) is 26.5. The van der Waals surface area contributed by atoms with Crippen molar-refractivity contribution in [2.24, 2.45) is 0 Å². The molecule has 0 atom stereocenters. The maximum Gasteiger partial charge on any atom is 0.416 e. The van der Waals surface area contributed by atoms with Gasteiger partial charge >= 0.3 is 6.18 Å². The van der Waals surface area contributed by atoms with Gasteiger partial charge in [0.15, 0.2) is 5.82 Å². The van der Waals surface area contributed by atoms with Crippen molar-refractivity contribution in [2.45, 2.75) is 39.4 Å². The highest BCUT2D eigenvalue weighted by atomic mass is 19.4. The maximum atomic E-state index is 13.6. The Labute approximate surface area is 272 Å². The molecule has 0 radical (unpaired) electrons. The molecule has 0 saturated carbocycles. The largest absolute Gasteiger partial charge is 0.416 e. The Kier molecular flexibility index (Phi) is 9.13. The highest BCUT2D eigenvalue weighted by Crippen LogP contribution is 2.36. The van der Waals surface area contributed by atoms with E-state index in [1.54, 1.807) is 13.0 Å². The lowest BCUT2D eigenvalue weighted by Gasteiger charge is -2.36. The summed E-state index contributed by atoms with van der Waals surface area (Å²) in [5, 5.41) is 6.88. The molecule has 2 heterocycles. The second kappa shape index (κ2) is 13.4. The Hall–Kier alpha value is -4.96. The monoisotopic (exact) mass is 639 g/mol. The molecule has 7 nitrogen and oxygen atoms in total. The maximum absolute atomic E-state index is 13.6. The number of rotatable bonds is 8. The first kappa shape index (κ1) is 32.0. The average Bonchev–Trinajstić information content (AvgIpc) is 3.51. The highest BCUT2D eigenvalue weighted by molar-refractivity contribution is 6.09. The molecule has 1 saturated heterocycles. The van der Waals surface area contributed by atoms with Gasteiger partial charge in [0, 0.05) is 55.2 Å². The lowest BCUT2D eigenvalue weighted by Crippen LogP contribution is -2.45. The van der Waals surface area contributed by atoms with E-state index >= 15 is 0 Å². The van der Waals surface area contributed by atoms with E-state index in [1.807, 2.05) is 62.4 Å². The average molecular weight is 640 g/mol. The Balaban J connectivity index is 1.10. The number of hydrogen-bond donors (Lipinski definition) is 1. The first-order chi connectivity index (χ1) is 22.5. The van der Waals surface area contributed by atoms with Crippen LogP contribution in [0.5, 0.6) is 0 Å². The first-order valence-electron chi connectivity index (χ1n) is 15.6. The molecule has 1 N–H and O–H groups in total. The van der Waals surface area contributed by atoms with Crippen LogP contribution in [-0.2, 0) is 12.7 Å². The van der Waals surface area contributed by atoms with Gasteiger partial charge in [0.2, 0.25) is 0 Å². The third-order valence-electron chi connectivity index (χ3n) is 8.43. The van der Waals surface area contributed by atoms with Gasteiger partial charge < -0.3 is 14.7 Å². The van der Waals surface area contributed by atoms with Gasteiger partial charge in [-0.2, -0.15) is 18.2 Å². The molecule has 47 heavy (non-hydrogen) atoms. The molecule has 1 amide bonds. The number of carbonyl (C=O) groups is 1. The SMILES string of the molecule is Cc1noc(-c2cccc(CN3CCN(c4ccc(NC(=O)c5cccc(C(C)C)c5-c5ccc(C(F)(F)F)cc5)cc4)CC3)c2)n1. The highest BCUT2D eigenvalue weighted by Gasteiger charge is 2.30. The van der Waals surface area contributed by atoms with E-state index in [-0.39, 0.29) is 11.8 Å². The molecule has 1 fully saturated rings. The van der Waals surface area contributed by atoms with Crippen LogP contribution in [0.15, 0.2) is 95.5 Å². The summed E-state index contributed by atoms with van der Waals surface area (Å²) in [6.07, 6.45) is -4.43. The fourth-order valence-corrected chi connectivity index (χ4v) is 5.98. The van der Waals surface area contributed by atoms with Gasteiger partial charge in [-0.3, -0.25) is 9.69 Å². The molecule has 0 spiro atoms. The van der Waals surface area contributed by atoms with Crippen LogP contribution in [0.3, 0.4) is 0 Å². The molecule has 1 aliphatic rings. The molecule has 242 valence electrons. The van der Waals surface area contributed by atoms with Gasteiger partial charge in [-0.1, -0.05) is 55.4 Å². The summed E-state index contributed by atoms with van der Waals surface area (Å²) in [5.41, 5.74) is 5.60. The lowest BCUT2D eigenvalue weighted by atomic mass is 9.88. The molecule has 10 heteroatoms. The quantitative estimate of drug-likeness (QED) is 0.184.